The molecule has 1 aromatic heterocycles. The number of aromatic hydroxyl groups is 1. The molecule has 1 radical (unpaired) electrons. The zero-order valence-electron chi connectivity index (χ0n) is 17.6. The molecule has 5 rings (SSSR count). The minimum atomic E-state index is -0.807. The van der Waals surface area contributed by atoms with Gasteiger partial charge in [0, 0.05) is 66.5 Å². The first kappa shape index (κ1) is 22.9. The topological polar surface area (TPSA) is 104 Å². The largest absolute Gasteiger partial charge is 0.503 e. The van der Waals surface area contributed by atoms with Crippen LogP contribution in [0.1, 0.15) is 34.5 Å². The molecule has 2 saturated heterocycles. The third-order valence-electron chi connectivity index (χ3n) is 6.36. The van der Waals surface area contributed by atoms with Crippen molar-refractivity contribution in [3.05, 3.63) is 63.1 Å². The van der Waals surface area contributed by atoms with Crippen molar-refractivity contribution in [3.8, 4) is 5.75 Å². The molecular formula is C21H21F2N5NaO3. The quantitative estimate of drug-likeness (QED) is 0.404. The molecule has 0 spiro atoms. The Morgan fingerprint density at radius 3 is 2.78 bits per heavy atom. The second-order valence-corrected chi connectivity index (χ2v) is 8.13. The number of nitrogens with two attached hydrogens (primary N) is 1. The standard InChI is InChI=1S/C21H21F2N5O3.Na/c22-12-4-3-11(15(23)6-12)7-25-20(24)14-9-26-10-16-27-5-1-2-13(27)8-28(16)21(31)17(26)19(30)18(14)29;/h3-4,6,9,13,16,30H,1-2,5,7-8,10H2,(H2,24,25);/t13-,16+;/m1./s1. The predicted octanol–water partition coefficient (Wildman–Crippen LogP) is 0.617. The number of fused-ring (bicyclic) bond motifs is 4. The fraction of sp³-hybridized carbons (Fsp3) is 0.381. The summed E-state index contributed by atoms with van der Waals surface area (Å²) in [7, 11) is 0. The van der Waals surface area contributed by atoms with Gasteiger partial charge in [-0.1, -0.05) is 6.07 Å². The molecular weight excluding hydrogens is 431 g/mol. The summed E-state index contributed by atoms with van der Waals surface area (Å²) >= 11 is 0. The normalized spacial score (nSPS) is 22.4. The number of hydrogen-bond acceptors (Lipinski definition) is 5. The average molecular weight is 452 g/mol. The van der Waals surface area contributed by atoms with E-state index in [2.05, 4.69) is 9.89 Å². The van der Waals surface area contributed by atoms with E-state index in [1.807, 2.05) is 0 Å². The van der Waals surface area contributed by atoms with Crippen LogP contribution in [-0.2, 0) is 13.1 Å². The van der Waals surface area contributed by atoms with Crippen LogP contribution in [0.2, 0.25) is 0 Å². The number of aromatic nitrogens is 1. The number of aliphatic imine (C=N–C) groups is 1. The fourth-order valence-corrected chi connectivity index (χ4v) is 4.81. The van der Waals surface area contributed by atoms with Gasteiger partial charge in [-0.3, -0.25) is 19.5 Å². The van der Waals surface area contributed by atoms with Gasteiger partial charge in [-0.25, -0.2) is 8.78 Å². The average Bonchev–Trinajstić information content (AvgIpc) is 3.32. The van der Waals surface area contributed by atoms with E-state index in [1.54, 1.807) is 9.47 Å². The Kier molecular flexibility index (Phi) is 6.15. The van der Waals surface area contributed by atoms with Gasteiger partial charge >= 0.3 is 0 Å². The van der Waals surface area contributed by atoms with E-state index >= 15 is 0 Å². The van der Waals surface area contributed by atoms with Crippen LogP contribution in [0, 0.1) is 11.6 Å². The Balaban J connectivity index is 0.00000245. The van der Waals surface area contributed by atoms with E-state index in [4.69, 9.17) is 5.73 Å². The monoisotopic (exact) mass is 452 g/mol. The molecule has 2 fully saturated rings. The first-order valence-electron chi connectivity index (χ1n) is 10.1. The van der Waals surface area contributed by atoms with E-state index in [0.29, 0.717) is 19.1 Å². The summed E-state index contributed by atoms with van der Waals surface area (Å²) in [6, 6.07) is 3.40. The van der Waals surface area contributed by atoms with Gasteiger partial charge in [0.2, 0.25) is 5.43 Å². The molecule has 32 heavy (non-hydrogen) atoms. The molecule has 2 atom stereocenters. The SMILES string of the molecule is NC(=NCc1ccc(F)cc1F)c1cn2c(c(O)c1=O)C(=O)N1C[C@H]3CCCN3[C@@H]1C2.[Na]. The molecule has 4 heterocycles. The van der Waals surface area contributed by atoms with Crippen LogP contribution in [0.15, 0.2) is 34.2 Å². The van der Waals surface area contributed by atoms with E-state index < -0.39 is 22.8 Å². The number of hydrogen-bond donors (Lipinski definition) is 2. The summed E-state index contributed by atoms with van der Waals surface area (Å²) < 4.78 is 28.5. The second-order valence-electron chi connectivity index (χ2n) is 8.13. The Morgan fingerprint density at radius 2 is 2.03 bits per heavy atom. The van der Waals surface area contributed by atoms with Crippen molar-refractivity contribution in [2.45, 2.75) is 38.1 Å². The summed E-state index contributed by atoms with van der Waals surface area (Å²) in [5.41, 5.74) is 5.16. The first-order chi connectivity index (χ1) is 14.8. The Hall–Kier alpha value is -2.27. The predicted molar refractivity (Wildman–Crippen MR) is 113 cm³/mol. The molecule has 11 heteroatoms. The summed E-state index contributed by atoms with van der Waals surface area (Å²) in [6.45, 7) is 1.69. The number of rotatable bonds is 3. The zero-order chi connectivity index (χ0) is 21.9. The van der Waals surface area contributed by atoms with Crippen LogP contribution < -0.4 is 11.2 Å². The summed E-state index contributed by atoms with van der Waals surface area (Å²) in [5, 5.41) is 10.5. The first-order valence-corrected chi connectivity index (χ1v) is 10.1. The van der Waals surface area contributed by atoms with Gasteiger partial charge in [0.05, 0.1) is 18.7 Å². The summed E-state index contributed by atoms with van der Waals surface area (Å²) in [4.78, 5) is 33.8. The van der Waals surface area contributed by atoms with Crippen molar-refractivity contribution >= 4 is 41.3 Å². The number of pyridine rings is 1. The number of carbonyl (C=O) groups is 1. The van der Waals surface area contributed by atoms with Crippen molar-refractivity contribution in [1.82, 2.24) is 14.4 Å². The van der Waals surface area contributed by atoms with Crippen LogP contribution in [0.4, 0.5) is 8.78 Å². The van der Waals surface area contributed by atoms with E-state index in [-0.39, 0.29) is 70.8 Å². The maximum atomic E-state index is 13.8. The van der Waals surface area contributed by atoms with Gasteiger partial charge in [0.1, 0.15) is 23.6 Å². The van der Waals surface area contributed by atoms with Crippen LogP contribution in [0.25, 0.3) is 0 Å². The van der Waals surface area contributed by atoms with Gasteiger partial charge in [-0.05, 0) is 18.9 Å². The Morgan fingerprint density at radius 1 is 1.25 bits per heavy atom. The van der Waals surface area contributed by atoms with Crippen LogP contribution in [0.5, 0.6) is 5.75 Å². The molecule has 3 aliphatic heterocycles. The number of nitrogens with zero attached hydrogens (tertiary/aromatic N) is 4. The molecule has 0 bridgehead atoms. The maximum Gasteiger partial charge on any atom is 0.275 e. The van der Waals surface area contributed by atoms with Crippen molar-refractivity contribution in [2.24, 2.45) is 10.7 Å². The van der Waals surface area contributed by atoms with Gasteiger partial charge in [0.15, 0.2) is 11.4 Å². The molecule has 8 nitrogen and oxygen atoms in total. The third kappa shape index (κ3) is 3.64. The molecule has 1 aromatic carbocycles. The minimum Gasteiger partial charge on any atom is -0.503 e. The molecule has 0 aliphatic carbocycles. The van der Waals surface area contributed by atoms with Gasteiger partial charge < -0.3 is 20.3 Å². The Bertz CT molecular complexity index is 1180. The van der Waals surface area contributed by atoms with Crippen LogP contribution in [-0.4, -0.2) is 86.1 Å². The van der Waals surface area contributed by atoms with Gasteiger partial charge in [0.25, 0.3) is 5.91 Å². The zero-order valence-corrected chi connectivity index (χ0v) is 19.6. The number of amides is 1. The third-order valence-corrected chi connectivity index (χ3v) is 6.36. The smallest absolute Gasteiger partial charge is 0.275 e. The number of amidine groups is 1. The number of halogens is 2. The van der Waals surface area contributed by atoms with Gasteiger partial charge in [-0.15, -0.1) is 0 Å². The van der Waals surface area contributed by atoms with Crippen molar-refractivity contribution in [2.75, 3.05) is 13.1 Å². The van der Waals surface area contributed by atoms with Crippen molar-refractivity contribution < 1.29 is 18.7 Å². The fourth-order valence-electron chi connectivity index (χ4n) is 4.81. The van der Waals surface area contributed by atoms with Crippen LogP contribution in [0.3, 0.4) is 0 Å². The van der Waals surface area contributed by atoms with Gasteiger partial charge in [-0.2, -0.15) is 0 Å². The summed E-state index contributed by atoms with van der Waals surface area (Å²) in [6.07, 6.45) is 3.39. The molecule has 2 aromatic rings. The number of carbonyl (C=O) groups excluding carboxylic acids is 1. The molecule has 1 amide bonds. The molecule has 3 N–H and O–H groups in total. The second kappa shape index (κ2) is 8.58. The van der Waals surface area contributed by atoms with E-state index in [9.17, 15) is 23.5 Å². The van der Waals surface area contributed by atoms with E-state index in [0.717, 1.165) is 31.5 Å². The van der Waals surface area contributed by atoms with Crippen molar-refractivity contribution in [1.29, 1.82) is 0 Å². The maximum absolute atomic E-state index is 13.8. The van der Waals surface area contributed by atoms with Crippen LogP contribution >= 0.6 is 0 Å². The Labute approximate surface area is 204 Å². The molecule has 0 unspecified atom stereocenters. The molecule has 0 saturated carbocycles. The molecule has 3 aliphatic rings. The van der Waals surface area contributed by atoms with Crippen molar-refractivity contribution in [3.63, 3.8) is 0 Å². The molecule has 163 valence electrons. The summed E-state index contributed by atoms with van der Waals surface area (Å²) in [5.74, 6) is -2.72. The number of benzene rings is 1. The van der Waals surface area contributed by atoms with E-state index in [1.165, 1.54) is 12.3 Å². The minimum absolute atomic E-state index is 0.